The Morgan fingerprint density at radius 2 is 1.89 bits per heavy atom. The van der Waals surface area contributed by atoms with Gasteiger partial charge in [-0.1, -0.05) is 12.5 Å². The second-order valence-electron chi connectivity index (χ2n) is 12.5. The summed E-state index contributed by atoms with van der Waals surface area (Å²) in [6.45, 7) is 3.25. The van der Waals surface area contributed by atoms with Crippen molar-refractivity contribution >= 4 is 33.9 Å². The van der Waals surface area contributed by atoms with E-state index in [4.69, 9.17) is 9.97 Å². The van der Waals surface area contributed by atoms with Gasteiger partial charge in [0.2, 0.25) is 0 Å². The number of imidazole rings is 1. The van der Waals surface area contributed by atoms with Gasteiger partial charge in [0.25, 0.3) is 11.8 Å². The van der Waals surface area contributed by atoms with Crippen molar-refractivity contribution < 1.29 is 22.8 Å². The number of aryl methyl sites for hydroxylation is 2. The molecule has 2 aromatic carbocycles. The maximum absolute atomic E-state index is 15.4. The molecule has 3 aromatic heterocycles. The summed E-state index contributed by atoms with van der Waals surface area (Å²) in [5.74, 6) is -1.57. The Bertz CT molecular complexity index is 2020. The van der Waals surface area contributed by atoms with Gasteiger partial charge >= 0.3 is 0 Å². The van der Waals surface area contributed by atoms with Gasteiger partial charge in [0.15, 0.2) is 5.82 Å². The number of aromatic nitrogens is 4. The highest BCUT2D eigenvalue weighted by molar-refractivity contribution is 5.99. The van der Waals surface area contributed by atoms with Crippen molar-refractivity contribution in [2.75, 3.05) is 13.1 Å². The lowest BCUT2D eigenvalue weighted by Crippen LogP contribution is -2.52. The minimum absolute atomic E-state index is 0.192. The zero-order valence-electron chi connectivity index (χ0n) is 26.2. The molecule has 3 N–H and O–H groups in total. The predicted molar refractivity (Wildman–Crippen MR) is 173 cm³/mol. The van der Waals surface area contributed by atoms with Crippen molar-refractivity contribution in [3.05, 3.63) is 82.5 Å². The number of fused-ring (bicyclic) bond motifs is 3. The van der Waals surface area contributed by atoms with Crippen LogP contribution in [0, 0.1) is 11.6 Å². The molecular weight excluding hydrogens is 607 g/mol. The van der Waals surface area contributed by atoms with Crippen LogP contribution in [0.3, 0.4) is 0 Å². The summed E-state index contributed by atoms with van der Waals surface area (Å²) in [6.07, 6.45) is 1.76. The fourth-order valence-corrected chi connectivity index (χ4v) is 6.75. The Kier molecular flexibility index (Phi) is 8.21. The maximum atomic E-state index is 15.4. The van der Waals surface area contributed by atoms with Gasteiger partial charge in [-0.15, -0.1) is 0 Å². The van der Waals surface area contributed by atoms with Crippen molar-refractivity contribution in [2.45, 2.75) is 63.8 Å². The molecule has 9 nitrogen and oxygen atoms in total. The molecule has 1 fully saturated rings. The van der Waals surface area contributed by atoms with Crippen LogP contribution >= 0.6 is 0 Å². The molecule has 2 amide bonds. The molecule has 244 valence electrons. The van der Waals surface area contributed by atoms with Crippen LogP contribution in [-0.4, -0.2) is 56.2 Å². The molecule has 5 heterocycles. The highest BCUT2D eigenvalue weighted by Gasteiger charge is 2.28. The summed E-state index contributed by atoms with van der Waals surface area (Å²) < 4.78 is 48.4. The molecule has 3 atom stereocenters. The van der Waals surface area contributed by atoms with Gasteiger partial charge in [-0.2, -0.15) is 0 Å². The molecule has 2 aliphatic heterocycles. The number of alkyl halides is 1. The van der Waals surface area contributed by atoms with E-state index in [1.807, 2.05) is 25.1 Å². The van der Waals surface area contributed by atoms with Crippen LogP contribution in [0.1, 0.15) is 70.6 Å². The molecule has 47 heavy (non-hydrogen) atoms. The lowest BCUT2D eigenvalue weighted by molar-refractivity contribution is 0.0887. The van der Waals surface area contributed by atoms with Crippen LogP contribution in [0.5, 0.6) is 0 Å². The fourth-order valence-electron chi connectivity index (χ4n) is 6.75. The Labute approximate surface area is 269 Å². The molecule has 1 saturated heterocycles. The predicted octanol–water partition coefficient (Wildman–Crippen LogP) is 5.52. The molecule has 0 radical (unpaired) electrons. The van der Waals surface area contributed by atoms with Crippen LogP contribution in [0.4, 0.5) is 13.2 Å². The van der Waals surface area contributed by atoms with Gasteiger partial charge < -0.3 is 25.1 Å². The molecule has 0 saturated carbocycles. The van der Waals surface area contributed by atoms with E-state index in [-0.39, 0.29) is 30.3 Å². The van der Waals surface area contributed by atoms with Crippen LogP contribution in [0.15, 0.2) is 48.5 Å². The van der Waals surface area contributed by atoms with E-state index in [1.165, 1.54) is 18.2 Å². The molecule has 2 bridgehead atoms. The van der Waals surface area contributed by atoms with Crippen molar-refractivity contribution in [2.24, 2.45) is 7.05 Å². The highest BCUT2D eigenvalue weighted by Crippen LogP contribution is 2.32. The molecule has 5 aromatic rings. The normalized spacial score (nSPS) is 20.6. The number of amides is 2. The second kappa shape index (κ2) is 12.5. The third kappa shape index (κ3) is 5.75. The second-order valence-corrected chi connectivity index (χ2v) is 12.5. The fraction of sp³-hybridized carbons (Fsp3) is 0.371. The van der Waals surface area contributed by atoms with E-state index in [0.29, 0.717) is 59.6 Å². The molecular formula is C35H36F3N7O2. The number of benzene rings is 2. The Morgan fingerprint density at radius 1 is 1.04 bits per heavy atom. The van der Waals surface area contributed by atoms with Gasteiger partial charge in [-0.05, 0) is 75.5 Å². The number of rotatable bonds is 3. The van der Waals surface area contributed by atoms with Crippen molar-refractivity contribution in [1.29, 1.82) is 0 Å². The van der Waals surface area contributed by atoms with E-state index >= 15 is 4.39 Å². The zero-order valence-corrected chi connectivity index (χ0v) is 26.2. The first-order chi connectivity index (χ1) is 22.7. The van der Waals surface area contributed by atoms with Crippen LogP contribution in [0.2, 0.25) is 0 Å². The molecule has 0 unspecified atom stereocenters. The van der Waals surface area contributed by atoms with Crippen LogP contribution in [-0.2, 0) is 20.0 Å². The number of piperidine rings is 1. The summed E-state index contributed by atoms with van der Waals surface area (Å²) in [7, 11) is 1.79. The number of halogens is 3. The average Bonchev–Trinajstić information content (AvgIpc) is 3.57. The van der Waals surface area contributed by atoms with Crippen molar-refractivity contribution in [1.82, 2.24) is 35.1 Å². The summed E-state index contributed by atoms with van der Waals surface area (Å²) in [4.78, 5) is 36.1. The first kappa shape index (κ1) is 30.9. The number of carbonyl (C=O) groups is 2. The van der Waals surface area contributed by atoms with Crippen molar-refractivity contribution in [3.63, 3.8) is 0 Å². The zero-order chi connectivity index (χ0) is 32.8. The SMILES string of the molecule is C[C@H]1NC(=O)c2cccc(F)c2CCCCCn2c(-c3nc4cc(C(=O)N[C@H]5CNCC[C@@H]5F)c(F)cc4n3C)cc3ccc1nc32. The summed E-state index contributed by atoms with van der Waals surface area (Å²) >= 11 is 0. The number of pyridine rings is 1. The van der Waals surface area contributed by atoms with E-state index in [2.05, 4.69) is 20.5 Å². The van der Waals surface area contributed by atoms with E-state index < -0.39 is 30.0 Å². The largest absolute Gasteiger partial charge is 0.345 e. The molecule has 12 heteroatoms. The van der Waals surface area contributed by atoms with Gasteiger partial charge in [0, 0.05) is 42.7 Å². The molecule has 0 aliphatic carbocycles. The van der Waals surface area contributed by atoms with Gasteiger partial charge in [0.05, 0.1) is 40.1 Å². The standard InChI is InChI=1S/C35H36F3N7O2/c1-19-27-11-10-20-15-31(45(32(20)41-27)14-5-3-4-7-21-22(34(46)40-19)8-6-9-24(21)36)33-42-28-16-23(26(38)17-30(28)44(33)2)35(47)43-29-18-39-13-12-25(29)37/h6,8-11,15-17,19,25,29,39H,3-5,7,12-14,18H2,1-2H3,(H,40,46)(H,43,47)/t19-,25+,29+/m1/s1. The Morgan fingerprint density at radius 3 is 2.72 bits per heavy atom. The van der Waals surface area contributed by atoms with Crippen LogP contribution < -0.4 is 16.0 Å². The van der Waals surface area contributed by atoms with E-state index in [9.17, 15) is 18.4 Å². The highest BCUT2D eigenvalue weighted by atomic mass is 19.1. The third-order valence-electron chi connectivity index (χ3n) is 9.39. The number of carbonyl (C=O) groups excluding carboxylic acids is 2. The van der Waals surface area contributed by atoms with Crippen LogP contribution in [0.25, 0.3) is 33.6 Å². The van der Waals surface area contributed by atoms with E-state index in [0.717, 1.165) is 29.6 Å². The Hall–Kier alpha value is -4.71. The first-order valence-corrected chi connectivity index (χ1v) is 16.1. The Balaban J connectivity index is 1.26. The topological polar surface area (TPSA) is 106 Å². The summed E-state index contributed by atoms with van der Waals surface area (Å²) in [5, 5.41) is 9.55. The average molecular weight is 644 g/mol. The molecule has 2 aliphatic rings. The maximum Gasteiger partial charge on any atom is 0.254 e. The molecule has 0 spiro atoms. The van der Waals surface area contributed by atoms with Gasteiger partial charge in [-0.25, -0.2) is 23.1 Å². The minimum atomic E-state index is -1.21. The van der Waals surface area contributed by atoms with Crippen molar-refractivity contribution in [3.8, 4) is 11.5 Å². The molecule has 7 rings (SSSR count). The van der Waals surface area contributed by atoms with Gasteiger partial charge in [-0.3, -0.25) is 9.59 Å². The van der Waals surface area contributed by atoms with Gasteiger partial charge in [0.1, 0.15) is 23.5 Å². The number of hydrogen-bond acceptors (Lipinski definition) is 5. The summed E-state index contributed by atoms with van der Waals surface area (Å²) in [5.41, 5.74) is 3.64. The first-order valence-electron chi connectivity index (χ1n) is 16.1. The van der Waals surface area contributed by atoms with E-state index in [1.54, 1.807) is 23.7 Å². The lowest BCUT2D eigenvalue weighted by Gasteiger charge is -2.27. The minimum Gasteiger partial charge on any atom is -0.345 e. The number of nitrogens with zero attached hydrogens (tertiary/aromatic N) is 4. The summed E-state index contributed by atoms with van der Waals surface area (Å²) in [6, 6.07) is 11.9. The number of nitrogens with one attached hydrogen (secondary N) is 3. The lowest BCUT2D eigenvalue weighted by atomic mass is 9.99. The quantitative estimate of drug-likeness (QED) is 0.240. The third-order valence-corrected chi connectivity index (χ3v) is 9.39. The smallest absolute Gasteiger partial charge is 0.254 e. The number of hydrogen-bond donors (Lipinski definition) is 3. The monoisotopic (exact) mass is 643 g/mol.